The van der Waals surface area contributed by atoms with E-state index in [2.05, 4.69) is 15.2 Å². The first kappa shape index (κ1) is 7.11. The molecule has 0 bridgehead atoms. The van der Waals surface area contributed by atoms with E-state index in [0.29, 0.717) is 10.6 Å². The quantitative estimate of drug-likeness (QED) is 0.446. The number of nitrogens with two attached hydrogens (primary N) is 1. The van der Waals surface area contributed by atoms with Gasteiger partial charge in [0.1, 0.15) is 0 Å². The molecule has 0 aromatic carbocycles. The average Bonchev–Trinajstić information content (AvgIpc) is 2.64. The van der Waals surface area contributed by atoms with Gasteiger partial charge in [-0.1, -0.05) is 0 Å². The van der Waals surface area contributed by atoms with E-state index in [0.717, 1.165) is 5.69 Å². The van der Waals surface area contributed by atoms with Crippen LogP contribution in [0.1, 0.15) is 0 Å². The summed E-state index contributed by atoms with van der Waals surface area (Å²) in [6, 6.07) is 3.74. The number of nitrogen functional groups attached to an aromatic ring is 1. The van der Waals surface area contributed by atoms with E-state index >= 15 is 0 Å². The van der Waals surface area contributed by atoms with Crippen LogP contribution in [0.2, 0.25) is 0 Å². The largest absolute Gasteiger partial charge is 0.359 e. The Morgan fingerprint density at radius 3 is 2.92 bits per heavy atom. The second-order valence-electron chi connectivity index (χ2n) is 2.31. The lowest BCUT2D eigenvalue weighted by Gasteiger charge is -1.94. The van der Waals surface area contributed by atoms with Crippen LogP contribution in [-0.2, 0) is 0 Å². The monoisotopic (exact) mass is 181 g/mol. The molecule has 0 aliphatic carbocycles. The van der Waals surface area contributed by atoms with Gasteiger partial charge in [-0.15, -0.1) is 0 Å². The summed E-state index contributed by atoms with van der Waals surface area (Å²) >= 11 is 4.85. The normalized spacial score (nSPS) is 10.3. The summed E-state index contributed by atoms with van der Waals surface area (Å²) in [4.78, 5) is 2.98. The van der Waals surface area contributed by atoms with Crippen molar-refractivity contribution in [1.29, 1.82) is 0 Å². The van der Waals surface area contributed by atoms with Gasteiger partial charge in [-0.05, 0) is 24.4 Å². The first-order chi connectivity index (χ1) is 5.79. The fraction of sp³-hybridized carbons (Fsp3) is 0. The summed E-state index contributed by atoms with van der Waals surface area (Å²) in [7, 11) is 0. The molecule has 4 N–H and O–H groups in total. The number of hydrogen-bond acceptors (Lipinski definition) is 3. The third-order valence-corrected chi connectivity index (χ3v) is 1.83. The van der Waals surface area contributed by atoms with E-state index in [4.69, 9.17) is 18.1 Å². The van der Waals surface area contributed by atoms with Crippen LogP contribution in [0.15, 0.2) is 18.3 Å². The number of hydrogen-bond donors (Lipinski definition) is 3. The Bertz CT molecular complexity index is 423. The molecule has 0 atom stereocenters. The SMILES string of the molecule is Nn1c(-c2ccc[nH]2)n[nH]c1=S. The fourth-order valence-corrected chi connectivity index (χ4v) is 1.10. The molecular weight excluding hydrogens is 174 g/mol. The van der Waals surface area contributed by atoms with Crippen molar-refractivity contribution in [1.82, 2.24) is 19.9 Å². The number of nitrogens with one attached hydrogen (secondary N) is 2. The second-order valence-corrected chi connectivity index (χ2v) is 2.69. The van der Waals surface area contributed by atoms with Crippen molar-refractivity contribution >= 4 is 12.2 Å². The number of rotatable bonds is 1. The molecule has 0 amide bonds. The van der Waals surface area contributed by atoms with Gasteiger partial charge in [0.15, 0.2) is 5.82 Å². The van der Waals surface area contributed by atoms with Gasteiger partial charge >= 0.3 is 0 Å². The summed E-state index contributed by atoms with van der Waals surface area (Å²) in [5, 5.41) is 6.54. The lowest BCUT2D eigenvalue weighted by Crippen LogP contribution is -2.09. The maximum Gasteiger partial charge on any atom is 0.214 e. The van der Waals surface area contributed by atoms with Crippen LogP contribution in [0.25, 0.3) is 11.5 Å². The molecule has 12 heavy (non-hydrogen) atoms. The van der Waals surface area contributed by atoms with Crippen LogP contribution in [0.5, 0.6) is 0 Å². The molecule has 2 heterocycles. The zero-order chi connectivity index (χ0) is 8.55. The lowest BCUT2D eigenvalue weighted by atomic mass is 10.4. The highest BCUT2D eigenvalue weighted by Gasteiger charge is 2.05. The van der Waals surface area contributed by atoms with Crippen LogP contribution in [0.3, 0.4) is 0 Å². The van der Waals surface area contributed by atoms with Crippen molar-refractivity contribution in [3.05, 3.63) is 23.1 Å². The molecule has 62 valence electrons. The van der Waals surface area contributed by atoms with Crippen LogP contribution in [-0.4, -0.2) is 19.9 Å². The summed E-state index contributed by atoms with van der Waals surface area (Å²) < 4.78 is 1.72. The first-order valence-electron chi connectivity index (χ1n) is 3.35. The van der Waals surface area contributed by atoms with Gasteiger partial charge in [0, 0.05) is 6.20 Å². The van der Waals surface area contributed by atoms with Crippen molar-refractivity contribution < 1.29 is 0 Å². The molecule has 2 aromatic rings. The zero-order valence-corrected chi connectivity index (χ0v) is 6.93. The number of aromatic amines is 2. The van der Waals surface area contributed by atoms with E-state index in [1.807, 2.05) is 12.1 Å². The molecule has 6 heteroatoms. The molecule has 0 saturated heterocycles. The van der Waals surface area contributed by atoms with Gasteiger partial charge in [-0.3, -0.25) is 0 Å². The van der Waals surface area contributed by atoms with Crippen molar-refractivity contribution in [2.45, 2.75) is 0 Å². The highest BCUT2D eigenvalue weighted by molar-refractivity contribution is 7.71. The van der Waals surface area contributed by atoms with Crippen molar-refractivity contribution in [2.24, 2.45) is 0 Å². The maximum atomic E-state index is 5.59. The van der Waals surface area contributed by atoms with Crippen LogP contribution in [0, 0.1) is 4.77 Å². The summed E-state index contributed by atoms with van der Waals surface area (Å²) in [6.45, 7) is 0. The molecule has 0 aliphatic rings. The molecule has 5 nitrogen and oxygen atoms in total. The molecule has 2 aromatic heterocycles. The van der Waals surface area contributed by atoms with E-state index in [1.165, 1.54) is 4.68 Å². The highest BCUT2D eigenvalue weighted by Crippen LogP contribution is 2.10. The molecule has 0 saturated carbocycles. The van der Waals surface area contributed by atoms with Gasteiger partial charge in [0.2, 0.25) is 4.77 Å². The van der Waals surface area contributed by atoms with Gasteiger partial charge in [0.05, 0.1) is 5.69 Å². The summed E-state index contributed by atoms with van der Waals surface area (Å²) in [5.41, 5.74) is 0.838. The van der Waals surface area contributed by atoms with E-state index < -0.39 is 0 Å². The molecule has 0 unspecified atom stereocenters. The Balaban J connectivity index is 2.62. The maximum absolute atomic E-state index is 5.59. The lowest BCUT2D eigenvalue weighted by molar-refractivity contribution is 0.979. The molecule has 2 rings (SSSR count). The van der Waals surface area contributed by atoms with Crippen LogP contribution < -0.4 is 5.84 Å². The first-order valence-corrected chi connectivity index (χ1v) is 3.76. The van der Waals surface area contributed by atoms with Crippen LogP contribution >= 0.6 is 12.2 Å². The third kappa shape index (κ3) is 0.928. The van der Waals surface area contributed by atoms with Gasteiger partial charge < -0.3 is 10.8 Å². The molecule has 0 aliphatic heterocycles. The number of H-pyrrole nitrogens is 2. The highest BCUT2D eigenvalue weighted by atomic mass is 32.1. The standard InChI is InChI=1S/C6H7N5S/c7-11-5(9-10-6(11)12)4-2-1-3-8-4/h1-3,8H,7H2,(H,10,12). The summed E-state index contributed by atoms with van der Waals surface area (Å²) in [5.74, 6) is 6.19. The smallest absolute Gasteiger partial charge is 0.214 e. The van der Waals surface area contributed by atoms with E-state index in [9.17, 15) is 0 Å². The average molecular weight is 181 g/mol. The van der Waals surface area contributed by atoms with Crippen LogP contribution in [0.4, 0.5) is 0 Å². The Labute approximate surface area is 73.2 Å². The number of nitrogens with zero attached hydrogens (tertiary/aromatic N) is 2. The van der Waals surface area contributed by atoms with E-state index in [1.54, 1.807) is 6.20 Å². The van der Waals surface area contributed by atoms with Crippen molar-refractivity contribution in [3.8, 4) is 11.5 Å². The molecule has 0 fully saturated rings. The molecular formula is C6H7N5S. The van der Waals surface area contributed by atoms with Gasteiger partial charge in [-0.25, -0.2) is 9.77 Å². The Kier molecular flexibility index (Phi) is 1.47. The Morgan fingerprint density at radius 2 is 2.42 bits per heavy atom. The molecule has 0 radical (unpaired) electrons. The topological polar surface area (TPSA) is 75.4 Å². The predicted molar refractivity (Wildman–Crippen MR) is 47.3 cm³/mol. The minimum Gasteiger partial charge on any atom is -0.359 e. The third-order valence-electron chi connectivity index (χ3n) is 1.54. The van der Waals surface area contributed by atoms with Crippen molar-refractivity contribution in [3.63, 3.8) is 0 Å². The summed E-state index contributed by atoms with van der Waals surface area (Å²) in [6.07, 6.45) is 1.80. The predicted octanol–water partition coefficient (Wildman–Crippen LogP) is 0.650. The Morgan fingerprint density at radius 1 is 1.58 bits per heavy atom. The minimum absolute atomic E-state index is 0.402. The Hall–Kier alpha value is -1.56. The molecule has 0 spiro atoms. The number of aromatic nitrogens is 4. The minimum atomic E-state index is 0.402. The zero-order valence-electron chi connectivity index (χ0n) is 6.11. The fourth-order valence-electron chi connectivity index (χ4n) is 0.964. The van der Waals surface area contributed by atoms with Gasteiger partial charge in [0.25, 0.3) is 0 Å². The second kappa shape index (κ2) is 2.49. The van der Waals surface area contributed by atoms with E-state index in [-0.39, 0.29) is 0 Å². The van der Waals surface area contributed by atoms with Crippen molar-refractivity contribution in [2.75, 3.05) is 5.84 Å². The van der Waals surface area contributed by atoms with Gasteiger partial charge in [-0.2, -0.15) is 5.10 Å².